The summed E-state index contributed by atoms with van der Waals surface area (Å²) in [5.41, 5.74) is 0. The van der Waals surface area contributed by atoms with E-state index in [-0.39, 0.29) is 11.9 Å². The van der Waals surface area contributed by atoms with Crippen LogP contribution in [0.15, 0.2) is 35.5 Å². The third-order valence-corrected chi connectivity index (χ3v) is 4.06. The second-order valence-corrected chi connectivity index (χ2v) is 5.69. The summed E-state index contributed by atoms with van der Waals surface area (Å²) in [6.07, 6.45) is 7.07. The van der Waals surface area contributed by atoms with Gasteiger partial charge in [-0.3, -0.25) is 14.4 Å². The summed E-state index contributed by atoms with van der Waals surface area (Å²) in [7, 11) is 0. The molecular weight excluding hydrogens is 282 g/mol. The fourth-order valence-corrected chi connectivity index (χ4v) is 2.93. The molecule has 2 atom stereocenters. The number of nitrogens with zero attached hydrogens (tertiary/aromatic N) is 4. The van der Waals surface area contributed by atoms with Crippen LogP contribution in [-0.4, -0.2) is 44.7 Å². The molecule has 3 heterocycles. The van der Waals surface area contributed by atoms with Crippen molar-refractivity contribution in [3.63, 3.8) is 0 Å². The van der Waals surface area contributed by atoms with Crippen molar-refractivity contribution >= 4 is 5.91 Å². The van der Waals surface area contributed by atoms with E-state index in [1.165, 1.54) is 6.33 Å². The molecule has 0 unspecified atom stereocenters. The minimum atomic E-state index is -0.112. The van der Waals surface area contributed by atoms with E-state index < -0.39 is 0 Å². The number of hydrogen-bond acceptors (Lipinski definition) is 5. The Kier molecular flexibility index (Phi) is 4.53. The topological polar surface area (TPSA) is 76.2 Å². The standard InChI is InChI=1S/C15H21N5O2/c1-12(14-5-3-7-22-14)18-15(21)9-19-6-2-4-13(19)8-20-11-16-10-17-20/h3,5,7,10-13H,2,4,6,8-9H2,1H3,(H,18,21)/t12-,13-/m1/s1. The van der Waals surface area contributed by atoms with Gasteiger partial charge in [-0.1, -0.05) is 0 Å². The lowest BCUT2D eigenvalue weighted by molar-refractivity contribution is -0.123. The summed E-state index contributed by atoms with van der Waals surface area (Å²) < 4.78 is 7.14. The Balaban J connectivity index is 1.51. The number of aromatic nitrogens is 3. The van der Waals surface area contributed by atoms with Gasteiger partial charge in [-0.2, -0.15) is 5.10 Å². The summed E-state index contributed by atoms with van der Waals surface area (Å²) in [6.45, 7) is 4.06. The van der Waals surface area contributed by atoms with E-state index in [1.807, 2.05) is 23.7 Å². The Morgan fingerprint density at radius 1 is 1.59 bits per heavy atom. The van der Waals surface area contributed by atoms with Crippen LogP contribution in [0.1, 0.15) is 31.6 Å². The molecule has 22 heavy (non-hydrogen) atoms. The van der Waals surface area contributed by atoms with Crippen molar-refractivity contribution in [3.05, 3.63) is 36.8 Å². The van der Waals surface area contributed by atoms with Crippen molar-refractivity contribution < 1.29 is 9.21 Å². The molecule has 1 fully saturated rings. The van der Waals surface area contributed by atoms with E-state index >= 15 is 0 Å². The Morgan fingerprint density at radius 3 is 3.23 bits per heavy atom. The van der Waals surface area contributed by atoms with Crippen LogP contribution in [0, 0.1) is 0 Å². The van der Waals surface area contributed by atoms with Crippen molar-refractivity contribution in [3.8, 4) is 0 Å². The molecule has 2 aromatic rings. The van der Waals surface area contributed by atoms with E-state index in [2.05, 4.69) is 20.3 Å². The number of hydrogen-bond donors (Lipinski definition) is 1. The second-order valence-electron chi connectivity index (χ2n) is 5.69. The lowest BCUT2D eigenvalue weighted by atomic mass is 10.2. The number of nitrogens with one attached hydrogen (secondary N) is 1. The van der Waals surface area contributed by atoms with Crippen LogP contribution in [0.25, 0.3) is 0 Å². The van der Waals surface area contributed by atoms with Gasteiger partial charge in [0, 0.05) is 6.04 Å². The average molecular weight is 303 g/mol. The zero-order chi connectivity index (χ0) is 15.4. The highest BCUT2D eigenvalue weighted by atomic mass is 16.3. The highest BCUT2D eigenvalue weighted by Crippen LogP contribution is 2.18. The first-order valence-electron chi connectivity index (χ1n) is 7.61. The summed E-state index contributed by atoms with van der Waals surface area (Å²) in [5, 5.41) is 7.12. The molecule has 0 saturated carbocycles. The van der Waals surface area contributed by atoms with Crippen LogP contribution in [0.4, 0.5) is 0 Å². The Bertz CT molecular complexity index is 581. The van der Waals surface area contributed by atoms with Crippen molar-refractivity contribution in [1.82, 2.24) is 25.0 Å². The molecule has 0 bridgehead atoms. The molecule has 0 radical (unpaired) electrons. The molecule has 1 N–H and O–H groups in total. The lowest BCUT2D eigenvalue weighted by Gasteiger charge is -2.24. The summed E-state index contributed by atoms with van der Waals surface area (Å²) in [5.74, 6) is 0.795. The van der Waals surface area contributed by atoms with Crippen molar-refractivity contribution in [1.29, 1.82) is 0 Å². The third-order valence-electron chi connectivity index (χ3n) is 4.06. The van der Waals surface area contributed by atoms with Crippen LogP contribution in [-0.2, 0) is 11.3 Å². The number of carbonyl (C=O) groups is 1. The maximum absolute atomic E-state index is 12.2. The molecule has 1 amide bonds. The zero-order valence-corrected chi connectivity index (χ0v) is 12.7. The first-order valence-corrected chi connectivity index (χ1v) is 7.61. The zero-order valence-electron chi connectivity index (χ0n) is 12.7. The van der Waals surface area contributed by atoms with Crippen LogP contribution in [0.3, 0.4) is 0 Å². The molecule has 3 rings (SSSR count). The van der Waals surface area contributed by atoms with Gasteiger partial charge in [0.25, 0.3) is 0 Å². The summed E-state index contributed by atoms with van der Waals surface area (Å²) >= 11 is 0. The van der Waals surface area contributed by atoms with E-state index in [9.17, 15) is 4.79 Å². The molecule has 7 heteroatoms. The van der Waals surface area contributed by atoms with Gasteiger partial charge in [0.2, 0.25) is 5.91 Å². The molecule has 2 aromatic heterocycles. The number of likely N-dealkylation sites (tertiary alicyclic amines) is 1. The van der Waals surface area contributed by atoms with Crippen LogP contribution >= 0.6 is 0 Å². The summed E-state index contributed by atoms with van der Waals surface area (Å²) in [4.78, 5) is 18.4. The largest absolute Gasteiger partial charge is 0.467 e. The van der Waals surface area contributed by atoms with Crippen molar-refractivity contribution in [2.75, 3.05) is 13.1 Å². The molecule has 0 aromatic carbocycles. The smallest absolute Gasteiger partial charge is 0.234 e. The SMILES string of the molecule is C[C@@H](NC(=O)CN1CCC[C@@H]1Cn1cncn1)c1ccco1. The van der Waals surface area contributed by atoms with Crippen molar-refractivity contribution in [2.24, 2.45) is 0 Å². The molecule has 118 valence electrons. The van der Waals surface area contributed by atoms with Crippen LogP contribution < -0.4 is 5.32 Å². The predicted molar refractivity (Wildman–Crippen MR) is 79.9 cm³/mol. The molecule has 7 nitrogen and oxygen atoms in total. The van der Waals surface area contributed by atoms with Crippen LogP contribution in [0.5, 0.6) is 0 Å². The minimum absolute atomic E-state index is 0.0226. The Hall–Kier alpha value is -2.15. The third kappa shape index (κ3) is 3.54. The molecule has 0 spiro atoms. The highest BCUT2D eigenvalue weighted by Gasteiger charge is 2.27. The quantitative estimate of drug-likeness (QED) is 0.868. The Labute approximate surface area is 129 Å². The maximum atomic E-state index is 12.2. The first kappa shape index (κ1) is 14.8. The van der Waals surface area contributed by atoms with Gasteiger partial charge in [0.05, 0.1) is 25.4 Å². The summed E-state index contributed by atoms with van der Waals surface area (Å²) in [6, 6.07) is 3.92. The predicted octanol–water partition coefficient (Wildman–Crippen LogP) is 1.21. The number of rotatable bonds is 6. The fourth-order valence-electron chi connectivity index (χ4n) is 2.93. The fraction of sp³-hybridized carbons (Fsp3) is 0.533. The molecule has 1 aliphatic rings. The van der Waals surface area contributed by atoms with E-state index in [1.54, 1.807) is 12.6 Å². The normalized spacial score (nSPS) is 20.1. The van der Waals surface area contributed by atoms with Gasteiger partial charge in [-0.25, -0.2) is 4.98 Å². The molecule has 1 aliphatic heterocycles. The van der Waals surface area contributed by atoms with Gasteiger partial charge in [-0.05, 0) is 38.4 Å². The molecule has 1 saturated heterocycles. The average Bonchev–Trinajstić information content (AvgIpc) is 3.22. The number of carbonyl (C=O) groups excluding carboxylic acids is 1. The second kappa shape index (κ2) is 6.74. The maximum Gasteiger partial charge on any atom is 0.234 e. The van der Waals surface area contributed by atoms with Crippen LogP contribution in [0.2, 0.25) is 0 Å². The van der Waals surface area contributed by atoms with Crippen molar-refractivity contribution in [2.45, 2.75) is 38.4 Å². The Morgan fingerprint density at radius 2 is 2.50 bits per heavy atom. The molecular formula is C15H21N5O2. The van der Waals surface area contributed by atoms with E-state index in [0.717, 1.165) is 31.7 Å². The molecule has 0 aliphatic carbocycles. The van der Waals surface area contributed by atoms with Gasteiger partial charge < -0.3 is 9.73 Å². The lowest BCUT2D eigenvalue weighted by Crippen LogP contribution is -2.42. The van der Waals surface area contributed by atoms with E-state index in [4.69, 9.17) is 4.42 Å². The van der Waals surface area contributed by atoms with Gasteiger partial charge in [0.1, 0.15) is 18.4 Å². The van der Waals surface area contributed by atoms with Gasteiger partial charge in [0.15, 0.2) is 0 Å². The number of furan rings is 1. The van der Waals surface area contributed by atoms with Gasteiger partial charge in [-0.15, -0.1) is 0 Å². The van der Waals surface area contributed by atoms with Gasteiger partial charge >= 0.3 is 0 Å². The first-order chi connectivity index (χ1) is 10.7. The monoisotopic (exact) mass is 303 g/mol. The number of amides is 1. The highest BCUT2D eigenvalue weighted by molar-refractivity contribution is 5.78. The minimum Gasteiger partial charge on any atom is -0.467 e. The van der Waals surface area contributed by atoms with E-state index in [0.29, 0.717) is 12.6 Å².